The Labute approximate surface area is 161 Å². The number of hydrogen-bond donors (Lipinski definition) is 1. The molecule has 9 heteroatoms. The third-order valence-corrected chi connectivity index (χ3v) is 5.76. The molecule has 1 aromatic heterocycles. The van der Waals surface area contributed by atoms with Gasteiger partial charge in [-0.05, 0) is 30.2 Å². The first-order valence-corrected chi connectivity index (χ1v) is 9.13. The van der Waals surface area contributed by atoms with Crippen molar-refractivity contribution in [1.82, 2.24) is 14.9 Å². The summed E-state index contributed by atoms with van der Waals surface area (Å²) < 4.78 is 13.7. The summed E-state index contributed by atoms with van der Waals surface area (Å²) in [5.74, 6) is -1.28. The van der Waals surface area contributed by atoms with Gasteiger partial charge in [0.2, 0.25) is 11.9 Å². The second kappa shape index (κ2) is 6.28. The fourth-order valence-corrected chi connectivity index (χ4v) is 4.15. The number of fused-ring (bicyclic) bond motifs is 2. The summed E-state index contributed by atoms with van der Waals surface area (Å²) in [7, 11) is 0. The number of carbonyl (C=O) groups is 2. The van der Waals surface area contributed by atoms with Gasteiger partial charge in [-0.1, -0.05) is 15.9 Å². The van der Waals surface area contributed by atoms with E-state index in [1.165, 1.54) is 4.90 Å². The highest BCUT2D eigenvalue weighted by Gasteiger charge is 2.59. The van der Waals surface area contributed by atoms with Crippen molar-refractivity contribution < 1.29 is 14.0 Å². The predicted octanol–water partition coefficient (Wildman–Crippen LogP) is 2.72. The molecule has 0 radical (unpaired) electrons. The summed E-state index contributed by atoms with van der Waals surface area (Å²) >= 11 is 9.82. The molecule has 1 aliphatic carbocycles. The van der Waals surface area contributed by atoms with Crippen LogP contribution in [0.25, 0.3) is 0 Å². The summed E-state index contributed by atoms with van der Waals surface area (Å²) in [6, 6.07) is 5.48. The van der Waals surface area contributed by atoms with Crippen LogP contribution in [0.5, 0.6) is 0 Å². The number of aromatic nitrogens is 2. The Balaban J connectivity index is 1.54. The molecule has 26 heavy (non-hydrogen) atoms. The van der Waals surface area contributed by atoms with E-state index < -0.39 is 11.7 Å². The number of carbonyl (C=O) groups excluding carboxylic acids is 2. The Morgan fingerprint density at radius 2 is 2.12 bits per heavy atom. The van der Waals surface area contributed by atoms with Gasteiger partial charge < -0.3 is 4.90 Å². The van der Waals surface area contributed by atoms with Gasteiger partial charge in [-0.2, -0.15) is 0 Å². The van der Waals surface area contributed by atoms with Crippen molar-refractivity contribution in [3.8, 4) is 0 Å². The molecule has 2 amide bonds. The van der Waals surface area contributed by atoms with E-state index in [0.29, 0.717) is 12.1 Å². The molecule has 6 nitrogen and oxygen atoms in total. The van der Waals surface area contributed by atoms with Crippen LogP contribution in [0.15, 0.2) is 35.1 Å². The summed E-state index contributed by atoms with van der Waals surface area (Å²) in [6.07, 6.45) is 2.67. The third kappa shape index (κ3) is 2.97. The van der Waals surface area contributed by atoms with Crippen LogP contribution in [0.2, 0.25) is 0 Å². The van der Waals surface area contributed by atoms with E-state index in [-0.39, 0.29) is 29.2 Å². The third-order valence-electron chi connectivity index (χ3n) is 4.70. The average molecular weight is 440 g/mol. The number of alkyl halides is 1. The lowest BCUT2D eigenvalue weighted by Crippen LogP contribution is -2.47. The van der Waals surface area contributed by atoms with Gasteiger partial charge in [0.25, 0.3) is 5.91 Å². The van der Waals surface area contributed by atoms with E-state index in [9.17, 15) is 14.0 Å². The van der Waals surface area contributed by atoms with Crippen molar-refractivity contribution in [1.29, 1.82) is 0 Å². The van der Waals surface area contributed by atoms with E-state index in [1.54, 1.807) is 12.1 Å². The van der Waals surface area contributed by atoms with E-state index in [0.717, 1.165) is 28.9 Å². The zero-order valence-corrected chi connectivity index (χ0v) is 15.7. The monoisotopic (exact) mass is 438 g/mol. The fourth-order valence-electron chi connectivity index (χ4n) is 3.33. The Morgan fingerprint density at radius 3 is 2.77 bits per heavy atom. The molecule has 1 aliphatic heterocycles. The number of hydrogen-bond acceptors (Lipinski definition) is 4. The maximum atomic E-state index is 12.8. The molecule has 1 spiro atoms. The molecule has 1 fully saturated rings. The summed E-state index contributed by atoms with van der Waals surface area (Å²) in [5.41, 5.74) is 1.17. The molecule has 4 rings (SSSR count). The lowest BCUT2D eigenvalue weighted by molar-refractivity contribution is -0.117. The summed E-state index contributed by atoms with van der Waals surface area (Å²) in [4.78, 5) is 33.9. The van der Waals surface area contributed by atoms with Crippen LogP contribution >= 0.6 is 27.5 Å². The molecule has 134 valence electrons. The lowest BCUT2D eigenvalue weighted by atomic mass is 9.86. The topological polar surface area (TPSA) is 75.2 Å². The molecule has 2 aliphatic rings. The SMILES string of the molecule is O=C(CN1C[C@]2(C[C@H]2Cl)c2cc(Br)ccc2C1=O)Nc1ncc(F)cn1. The van der Waals surface area contributed by atoms with Crippen molar-refractivity contribution in [3.63, 3.8) is 0 Å². The first-order valence-electron chi connectivity index (χ1n) is 7.90. The van der Waals surface area contributed by atoms with Crippen LogP contribution in [0, 0.1) is 5.82 Å². The van der Waals surface area contributed by atoms with E-state index in [2.05, 4.69) is 31.2 Å². The van der Waals surface area contributed by atoms with Gasteiger partial charge in [0.1, 0.15) is 6.54 Å². The molecular formula is C17H13BrClFN4O2. The van der Waals surface area contributed by atoms with Gasteiger partial charge in [0, 0.05) is 27.4 Å². The maximum Gasteiger partial charge on any atom is 0.254 e. The van der Waals surface area contributed by atoms with Crippen LogP contribution in [-0.4, -0.2) is 45.1 Å². The minimum Gasteiger partial charge on any atom is -0.328 e. The highest BCUT2D eigenvalue weighted by Crippen LogP contribution is 2.56. The number of nitrogens with zero attached hydrogens (tertiary/aromatic N) is 3. The largest absolute Gasteiger partial charge is 0.328 e. The standard InChI is InChI=1S/C17H13BrClFN4O2/c18-9-1-2-11-12(3-9)17(4-13(17)19)8-24(15(11)26)7-14(25)23-16-21-5-10(20)6-22-16/h1-3,5-6,13H,4,7-8H2,(H,21,22,23,25)/t13-,17-/m1/s1. The van der Waals surface area contributed by atoms with Crippen LogP contribution in [0.4, 0.5) is 10.3 Å². The molecule has 1 aromatic carbocycles. The smallest absolute Gasteiger partial charge is 0.254 e. The zero-order chi connectivity index (χ0) is 18.5. The summed E-state index contributed by atoms with van der Waals surface area (Å²) in [5, 5.41) is 2.39. The van der Waals surface area contributed by atoms with Crippen LogP contribution in [-0.2, 0) is 10.2 Å². The van der Waals surface area contributed by atoms with Gasteiger partial charge in [0.05, 0.1) is 12.4 Å². The quantitative estimate of drug-likeness (QED) is 0.746. The number of benzene rings is 1. The Hall–Kier alpha value is -2.06. The Bertz CT molecular complexity index is 910. The molecular weight excluding hydrogens is 427 g/mol. The lowest BCUT2D eigenvalue weighted by Gasteiger charge is -2.34. The molecule has 0 unspecified atom stereocenters. The second-order valence-electron chi connectivity index (χ2n) is 6.45. The number of anilines is 1. The Kier molecular flexibility index (Phi) is 4.19. The van der Waals surface area contributed by atoms with Crippen molar-refractivity contribution >= 4 is 45.3 Å². The van der Waals surface area contributed by atoms with Crippen molar-refractivity contribution in [2.24, 2.45) is 0 Å². The molecule has 0 bridgehead atoms. The summed E-state index contributed by atoms with van der Waals surface area (Å²) in [6.45, 7) is 0.224. The zero-order valence-electron chi connectivity index (χ0n) is 13.4. The predicted molar refractivity (Wildman–Crippen MR) is 96.6 cm³/mol. The highest BCUT2D eigenvalue weighted by atomic mass is 79.9. The molecule has 0 saturated heterocycles. The molecule has 1 N–H and O–H groups in total. The molecule has 2 heterocycles. The highest BCUT2D eigenvalue weighted by molar-refractivity contribution is 9.10. The minimum absolute atomic E-state index is 0.0125. The first-order chi connectivity index (χ1) is 12.4. The number of amides is 2. The van der Waals surface area contributed by atoms with Crippen LogP contribution in [0.3, 0.4) is 0 Å². The number of halogens is 3. The van der Waals surface area contributed by atoms with Crippen molar-refractivity contribution in [2.45, 2.75) is 17.2 Å². The normalized spacial score (nSPS) is 23.7. The second-order valence-corrected chi connectivity index (χ2v) is 7.89. The van der Waals surface area contributed by atoms with E-state index in [1.807, 2.05) is 6.07 Å². The van der Waals surface area contributed by atoms with E-state index >= 15 is 0 Å². The van der Waals surface area contributed by atoms with Gasteiger partial charge in [-0.3, -0.25) is 14.9 Å². The van der Waals surface area contributed by atoms with Crippen molar-refractivity contribution in [2.75, 3.05) is 18.4 Å². The number of nitrogens with one attached hydrogen (secondary N) is 1. The number of rotatable bonds is 3. The first kappa shape index (κ1) is 17.4. The van der Waals surface area contributed by atoms with Crippen LogP contribution in [0.1, 0.15) is 22.3 Å². The van der Waals surface area contributed by atoms with Gasteiger partial charge in [-0.25, -0.2) is 14.4 Å². The van der Waals surface area contributed by atoms with Gasteiger partial charge in [-0.15, -0.1) is 11.6 Å². The average Bonchev–Trinajstić information content (AvgIpc) is 3.25. The minimum atomic E-state index is -0.596. The molecule has 2 aromatic rings. The van der Waals surface area contributed by atoms with Crippen molar-refractivity contribution in [3.05, 3.63) is 52.0 Å². The van der Waals surface area contributed by atoms with Gasteiger partial charge >= 0.3 is 0 Å². The van der Waals surface area contributed by atoms with Gasteiger partial charge in [0.15, 0.2) is 5.82 Å². The Morgan fingerprint density at radius 1 is 1.42 bits per heavy atom. The van der Waals surface area contributed by atoms with Crippen LogP contribution < -0.4 is 5.32 Å². The molecule has 1 saturated carbocycles. The fraction of sp³-hybridized carbons (Fsp3) is 0.294. The molecule has 2 atom stereocenters. The van der Waals surface area contributed by atoms with E-state index in [4.69, 9.17) is 11.6 Å². The maximum absolute atomic E-state index is 12.8.